The van der Waals surface area contributed by atoms with E-state index in [1.165, 1.54) is 16.9 Å². The standard InChI is InChI=1S/C28H30ClF3N8O3S/c29-23-14-21(43-11-8-38-6-9-42-10-7-38)25(44-23)27(41)37-18-2-1-5-39(15-18)20-13-19(40-24(20)26(33)35-16-36-40)17-3-4-34-22(12-17)28(30,31)32/h3-4,12-14,16,18H,1-2,5-11,15H2,(H,37,41)(H2,33,35,36)/t18-/m1/s1. The number of nitrogens with two attached hydrogens (primary N) is 1. The van der Waals surface area contributed by atoms with Gasteiger partial charge in [0.05, 0.1) is 28.9 Å². The van der Waals surface area contributed by atoms with E-state index in [9.17, 15) is 18.0 Å². The SMILES string of the molecule is Nc1ncnn2c(-c3ccnc(C(F)(F)F)c3)cc(N3CCC[C@@H](NC(=O)c4sc(Cl)cc4OCCN4CCOCC4)C3)c12. The van der Waals surface area contributed by atoms with E-state index < -0.39 is 11.9 Å². The molecule has 1 amide bonds. The summed E-state index contributed by atoms with van der Waals surface area (Å²) in [6.07, 6.45) is -0.733. The van der Waals surface area contributed by atoms with Crippen molar-refractivity contribution in [1.29, 1.82) is 0 Å². The number of hydrogen-bond donors (Lipinski definition) is 2. The maximum atomic E-state index is 13.4. The zero-order valence-electron chi connectivity index (χ0n) is 23.5. The van der Waals surface area contributed by atoms with E-state index in [1.54, 1.807) is 12.1 Å². The molecule has 3 N–H and O–H groups in total. The van der Waals surface area contributed by atoms with Crippen LogP contribution in [0.25, 0.3) is 16.8 Å². The van der Waals surface area contributed by atoms with Crippen LogP contribution in [0.4, 0.5) is 24.7 Å². The molecule has 234 valence electrons. The largest absolute Gasteiger partial charge is 0.490 e. The number of rotatable bonds is 8. The molecule has 6 heterocycles. The van der Waals surface area contributed by atoms with E-state index in [4.69, 9.17) is 26.8 Å². The van der Waals surface area contributed by atoms with E-state index in [0.29, 0.717) is 71.3 Å². The highest BCUT2D eigenvalue weighted by molar-refractivity contribution is 7.18. The van der Waals surface area contributed by atoms with E-state index in [-0.39, 0.29) is 23.3 Å². The zero-order valence-corrected chi connectivity index (χ0v) is 25.1. The maximum Gasteiger partial charge on any atom is 0.433 e. The zero-order chi connectivity index (χ0) is 30.8. The quantitative estimate of drug-likeness (QED) is 0.289. The molecule has 0 radical (unpaired) electrons. The number of carbonyl (C=O) groups excluding carboxylic acids is 1. The van der Waals surface area contributed by atoms with Crippen molar-refractivity contribution in [3.05, 3.63) is 51.7 Å². The van der Waals surface area contributed by atoms with Crippen LogP contribution in [0.15, 0.2) is 36.8 Å². The molecule has 0 saturated carbocycles. The first-order valence-electron chi connectivity index (χ1n) is 14.1. The van der Waals surface area contributed by atoms with E-state index in [2.05, 4.69) is 25.3 Å². The molecule has 1 atom stereocenters. The van der Waals surface area contributed by atoms with E-state index in [1.807, 2.05) is 4.90 Å². The summed E-state index contributed by atoms with van der Waals surface area (Å²) in [6.45, 7) is 5.28. The monoisotopic (exact) mass is 650 g/mol. The van der Waals surface area contributed by atoms with Crippen molar-refractivity contribution in [2.24, 2.45) is 0 Å². The van der Waals surface area contributed by atoms with Crippen LogP contribution in [0.2, 0.25) is 4.34 Å². The Hall–Kier alpha value is -3.66. The first-order chi connectivity index (χ1) is 21.2. The molecule has 6 rings (SSSR count). The van der Waals surface area contributed by atoms with Gasteiger partial charge in [0.1, 0.15) is 34.8 Å². The third-order valence-corrected chi connectivity index (χ3v) is 8.89. The number of alkyl halides is 3. The number of amides is 1. The second kappa shape index (κ2) is 12.8. The number of halogens is 4. The summed E-state index contributed by atoms with van der Waals surface area (Å²) in [6, 6.07) is 5.66. The molecule has 11 nitrogen and oxygen atoms in total. The molecule has 0 bridgehead atoms. The van der Waals surface area contributed by atoms with Gasteiger partial charge in [0, 0.05) is 56.6 Å². The predicted molar refractivity (Wildman–Crippen MR) is 160 cm³/mol. The Morgan fingerprint density at radius 2 is 2.02 bits per heavy atom. The van der Waals surface area contributed by atoms with Gasteiger partial charge in [-0.2, -0.15) is 18.3 Å². The smallest absolute Gasteiger partial charge is 0.433 e. The Bertz CT molecular complexity index is 1640. The first kappa shape index (κ1) is 30.4. The molecule has 0 unspecified atom stereocenters. The summed E-state index contributed by atoms with van der Waals surface area (Å²) in [5.41, 5.74) is 7.08. The van der Waals surface area contributed by atoms with Crippen molar-refractivity contribution in [2.45, 2.75) is 25.1 Å². The van der Waals surface area contributed by atoms with Crippen molar-refractivity contribution < 1.29 is 27.4 Å². The fourth-order valence-corrected chi connectivity index (χ4v) is 6.59. The Morgan fingerprint density at radius 1 is 1.20 bits per heavy atom. The number of nitrogen functional groups attached to an aromatic ring is 1. The molecule has 2 fully saturated rings. The van der Waals surface area contributed by atoms with Crippen LogP contribution in [0.5, 0.6) is 5.75 Å². The number of ether oxygens (including phenoxy) is 2. The topological polar surface area (TPSA) is 123 Å². The van der Waals surface area contributed by atoms with Gasteiger partial charge >= 0.3 is 6.18 Å². The Morgan fingerprint density at radius 3 is 2.82 bits per heavy atom. The number of morpholine rings is 1. The number of thiophene rings is 1. The highest BCUT2D eigenvalue weighted by Crippen LogP contribution is 2.37. The molecule has 2 aliphatic rings. The highest BCUT2D eigenvalue weighted by atomic mass is 35.5. The minimum atomic E-state index is -4.60. The van der Waals surface area contributed by atoms with Crippen molar-refractivity contribution >= 4 is 45.9 Å². The van der Waals surface area contributed by atoms with Gasteiger partial charge in [0.25, 0.3) is 5.91 Å². The Kier molecular flexibility index (Phi) is 8.80. The minimum Gasteiger partial charge on any atom is -0.490 e. The molecule has 4 aromatic heterocycles. The van der Waals surface area contributed by atoms with Crippen molar-refractivity contribution in [3.63, 3.8) is 0 Å². The number of hydrogen-bond acceptors (Lipinski definition) is 10. The second-order valence-corrected chi connectivity index (χ2v) is 12.2. The van der Waals surface area contributed by atoms with Gasteiger partial charge in [0.2, 0.25) is 0 Å². The lowest BCUT2D eigenvalue weighted by atomic mass is 10.0. The lowest BCUT2D eigenvalue weighted by molar-refractivity contribution is -0.141. The summed E-state index contributed by atoms with van der Waals surface area (Å²) < 4.78 is 53.5. The lowest BCUT2D eigenvalue weighted by Gasteiger charge is -2.34. The van der Waals surface area contributed by atoms with Crippen molar-refractivity contribution in [2.75, 3.05) is 63.2 Å². The van der Waals surface area contributed by atoms with Gasteiger partial charge in [-0.15, -0.1) is 11.3 Å². The van der Waals surface area contributed by atoms with Crippen LogP contribution in [0, 0.1) is 0 Å². The van der Waals surface area contributed by atoms with Crippen LogP contribution in [0.3, 0.4) is 0 Å². The first-order valence-corrected chi connectivity index (χ1v) is 15.3. The average molecular weight is 651 g/mol. The molecule has 44 heavy (non-hydrogen) atoms. The molecule has 0 aliphatic carbocycles. The number of piperidine rings is 1. The number of carbonyl (C=O) groups is 1. The van der Waals surface area contributed by atoms with E-state index in [0.717, 1.165) is 49.5 Å². The predicted octanol–water partition coefficient (Wildman–Crippen LogP) is 4.22. The summed E-state index contributed by atoms with van der Waals surface area (Å²) in [4.78, 5) is 25.7. The maximum absolute atomic E-state index is 13.4. The second-order valence-electron chi connectivity index (χ2n) is 10.6. The van der Waals surface area contributed by atoms with Gasteiger partial charge in [0.15, 0.2) is 5.82 Å². The Balaban J connectivity index is 1.19. The third kappa shape index (κ3) is 6.55. The number of fused-ring (bicyclic) bond motifs is 1. The number of nitrogens with one attached hydrogen (secondary N) is 1. The Labute approximate surface area is 259 Å². The molecule has 16 heteroatoms. The average Bonchev–Trinajstić information content (AvgIpc) is 3.59. The molecule has 4 aromatic rings. The van der Waals surface area contributed by atoms with Crippen molar-refractivity contribution in [3.8, 4) is 17.0 Å². The number of aromatic nitrogens is 4. The van der Waals surface area contributed by atoms with Gasteiger partial charge in [-0.1, -0.05) is 11.6 Å². The molecule has 0 aromatic carbocycles. The van der Waals surface area contributed by atoms with Gasteiger partial charge in [-0.05, 0) is 31.0 Å². The van der Waals surface area contributed by atoms with Crippen LogP contribution in [0.1, 0.15) is 28.2 Å². The summed E-state index contributed by atoms with van der Waals surface area (Å²) in [5.74, 6) is 0.350. The van der Waals surface area contributed by atoms with Gasteiger partial charge in [-0.3, -0.25) is 14.7 Å². The van der Waals surface area contributed by atoms with Gasteiger partial charge in [-0.25, -0.2) is 9.50 Å². The molecular weight excluding hydrogens is 621 g/mol. The number of nitrogens with zero attached hydrogens (tertiary/aromatic N) is 6. The summed E-state index contributed by atoms with van der Waals surface area (Å²) >= 11 is 7.43. The molecular formula is C28H30ClF3N8O3S. The van der Waals surface area contributed by atoms with Crippen molar-refractivity contribution in [1.82, 2.24) is 29.8 Å². The highest BCUT2D eigenvalue weighted by Gasteiger charge is 2.33. The van der Waals surface area contributed by atoms with Crippen LogP contribution in [-0.2, 0) is 10.9 Å². The summed E-state index contributed by atoms with van der Waals surface area (Å²) in [7, 11) is 0. The third-order valence-electron chi connectivity index (χ3n) is 7.65. The lowest BCUT2D eigenvalue weighted by Crippen LogP contribution is -2.47. The molecule has 2 aliphatic heterocycles. The van der Waals surface area contributed by atoms with Gasteiger partial charge < -0.3 is 25.4 Å². The molecule has 0 spiro atoms. The van der Waals surface area contributed by atoms with E-state index >= 15 is 0 Å². The van der Waals surface area contributed by atoms with Crippen LogP contribution >= 0.6 is 22.9 Å². The number of anilines is 2. The molecule has 2 saturated heterocycles. The fourth-order valence-electron chi connectivity index (χ4n) is 5.53. The van der Waals surface area contributed by atoms with Crippen LogP contribution < -0.4 is 20.7 Å². The van der Waals surface area contributed by atoms with Crippen LogP contribution in [-0.4, -0.2) is 89.0 Å². The normalized spacial score (nSPS) is 18.1. The minimum absolute atomic E-state index is 0.185. The number of pyridine rings is 1. The fraction of sp³-hybridized carbons (Fsp3) is 0.429. The summed E-state index contributed by atoms with van der Waals surface area (Å²) in [5, 5.41) is 7.41.